The molecule has 1 N–H and O–H groups in total. The van der Waals surface area contributed by atoms with Crippen molar-refractivity contribution in [3.05, 3.63) is 17.5 Å². The second-order valence-electron chi connectivity index (χ2n) is 5.68. The summed E-state index contributed by atoms with van der Waals surface area (Å²) in [5.41, 5.74) is 1.02. The predicted molar refractivity (Wildman–Crippen MR) is 68.7 cm³/mol. The molecule has 0 spiro atoms. The van der Waals surface area contributed by atoms with E-state index in [1.54, 1.807) is 0 Å². The summed E-state index contributed by atoms with van der Waals surface area (Å²) < 4.78 is 5.07. The molecule has 2 rings (SSSR count). The van der Waals surface area contributed by atoms with Gasteiger partial charge in [0.1, 0.15) is 5.76 Å². The van der Waals surface area contributed by atoms with E-state index >= 15 is 0 Å². The zero-order valence-electron chi connectivity index (χ0n) is 11.2. The molecule has 1 aromatic heterocycles. The average molecular weight is 236 g/mol. The number of aryl methyl sites for hydroxylation is 1. The van der Waals surface area contributed by atoms with Gasteiger partial charge >= 0.3 is 0 Å². The second kappa shape index (κ2) is 5.67. The van der Waals surface area contributed by atoms with Crippen molar-refractivity contribution in [2.75, 3.05) is 0 Å². The highest BCUT2D eigenvalue weighted by molar-refractivity contribution is 5.03. The lowest BCUT2D eigenvalue weighted by Gasteiger charge is -2.32. The van der Waals surface area contributed by atoms with Gasteiger partial charge in [-0.2, -0.15) is 0 Å². The van der Waals surface area contributed by atoms with E-state index in [1.165, 1.54) is 25.7 Å². The minimum Gasteiger partial charge on any atom is -0.361 e. The van der Waals surface area contributed by atoms with Crippen molar-refractivity contribution in [1.29, 1.82) is 0 Å². The molecule has 1 aliphatic carbocycles. The highest BCUT2D eigenvalue weighted by Gasteiger charge is 2.23. The Morgan fingerprint density at radius 2 is 2.29 bits per heavy atom. The Morgan fingerprint density at radius 1 is 1.47 bits per heavy atom. The first-order valence-corrected chi connectivity index (χ1v) is 6.80. The third-order valence-corrected chi connectivity index (χ3v) is 3.91. The van der Waals surface area contributed by atoms with Gasteiger partial charge in [-0.25, -0.2) is 0 Å². The molecule has 1 saturated carbocycles. The second-order valence-corrected chi connectivity index (χ2v) is 5.68. The number of hydrogen-bond acceptors (Lipinski definition) is 3. The van der Waals surface area contributed by atoms with Crippen LogP contribution in [-0.4, -0.2) is 11.2 Å². The van der Waals surface area contributed by atoms with Crippen LogP contribution in [0.15, 0.2) is 10.6 Å². The predicted octanol–water partition coefficient (Wildman–Crippen LogP) is 3.29. The van der Waals surface area contributed by atoms with Crippen molar-refractivity contribution in [2.45, 2.75) is 59.0 Å². The summed E-state index contributed by atoms with van der Waals surface area (Å²) in [7, 11) is 0. The molecule has 3 heteroatoms. The minimum atomic E-state index is 0.660. The average Bonchev–Trinajstić information content (AvgIpc) is 2.73. The number of nitrogens with one attached hydrogen (secondary N) is 1. The fraction of sp³-hybridized carbons (Fsp3) is 0.786. The smallest absolute Gasteiger partial charge is 0.133 e. The highest BCUT2D eigenvalue weighted by Crippen LogP contribution is 2.29. The Balaban J connectivity index is 1.79. The van der Waals surface area contributed by atoms with Gasteiger partial charge in [-0.3, -0.25) is 0 Å². The molecule has 1 aromatic rings. The lowest BCUT2D eigenvalue weighted by Crippen LogP contribution is -2.35. The van der Waals surface area contributed by atoms with E-state index in [-0.39, 0.29) is 0 Å². The fourth-order valence-corrected chi connectivity index (χ4v) is 2.77. The van der Waals surface area contributed by atoms with Crippen molar-refractivity contribution in [3.63, 3.8) is 0 Å². The lowest BCUT2D eigenvalue weighted by molar-refractivity contribution is 0.230. The number of rotatable bonds is 4. The van der Waals surface area contributed by atoms with Gasteiger partial charge in [-0.1, -0.05) is 31.8 Å². The molecule has 0 aromatic carbocycles. The third-order valence-electron chi connectivity index (χ3n) is 3.91. The van der Waals surface area contributed by atoms with Crippen molar-refractivity contribution < 1.29 is 4.52 Å². The maximum absolute atomic E-state index is 5.07. The summed E-state index contributed by atoms with van der Waals surface area (Å²) in [4.78, 5) is 0. The van der Waals surface area contributed by atoms with Crippen molar-refractivity contribution >= 4 is 0 Å². The standard InChI is InChI=1S/C14H24N2O/c1-10(2)12-5-4-6-13(8-12)15-9-14-7-11(3)17-16-14/h7,10,12-13,15H,4-6,8-9H2,1-3H3. The van der Waals surface area contributed by atoms with Gasteiger partial charge < -0.3 is 9.84 Å². The molecule has 1 heterocycles. The number of hydrogen-bond donors (Lipinski definition) is 1. The van der Waals surface area contributed by atoms with Gasteiger partial charge in [0, 0.05) is 18.7 Å². The molecule has 0 saturated heterocycles. The quantitative estimate of drug-likeness (QED) is 0.871. The number of nitrogens with zero attached hydrogens (tertiary/aromatic N) is 1. The van der Waals surface area contributed by atoms with Gasteiger partial charge in [-0.05, 0) is 31.6 Å². The zero-order valence-corrected chi connectivity index (χ0v) is 11.2. The van der Waals surface area contributed by atoms with E-state index in [9.17, 15) is 0 Å². The lowest BCUT2D eigenvalue weighted by atomic mass is 9.79. The fourth-order valence-electron chi connectivity index (χ4n) is 2.77. The summed E-state index contributed by atoms with van der Waals surface area (Å²) in [6, 6.07) is 2.67. The molecule has 2 unspecified atom stereocenters. The molecule has 96 valence electrons. The molecule has 2 atom stereocenters. The molecule has 0 amide bonds. The summed E-state index contributed by atoms with van der Waals surface area (Å²) in [6.45, 7) is 7.46. The monoisotopic (exact) mass is 236 g/mol. The van der Waals surface area contributed by atoms with Crippen LogP contribution < -0.4 is 5.32 Å². The number of aromatic nitrogens is 1. The first kappa shape index (κ1) is 12.6. The highest BCUT2D eigenvalue weighted by atomic mass is 16.5. The van der Waals surface area contributed by atoms with Gasteiger partial charge in [0.25, 0.3) is 0 Å². The van der Waals surface area contributed by atoms with E-state index in [1.807, 2.05) is 13.0 Å². The summed E-state index contributed by atoms with van der Waals surface area (Å²) in [6.07, 6.45) is 5.38. The maximum atomic E-state index is 5.07. The molecule has 0 bridgehead atoms. The first-order valence-electron chi connectivity index (χ1n) is 6.80. The molecular weight excluding hydrogens is 212 g/mol. The zero-order chi connectivity index (χ0) is 12.3. The van der Waals surface area contributed by atoms with Crippen LogP contribution in [0.4, 0.5) is 0 Å². The molecule has 3 nitrogen and oxygen atoms in total. The van der Waals surface area contributed by atoms with Crippen molar-refractivity contribution in [3.8, 4) is 0 Å². The van der Waals surface area contributed by atoms with Gasteiger partial charge in [0.15, 0.2) is 0 Å². The molecule has 0 radical (unpaired) electrons. The van der Waals surface area contributed by atoms with Gasteiger partial charge in [0.05, 0.1) is 5.69 Å². The Bertz CT molecular complexity index is 346. The SMILES string of the molecule is Cc1cc(CNC2CCCC(C(C)C)C2)no1. The summed E-state index contributed by atoms with van der Waals surface area (Å²) in [5.74, 6) is 2.60. The molecule has 17 heavy (non-hydrogen) atoms. The Morgan fingerprint density at radius 3 is 2.94 bits per heavy atom. The van der Waals surface area contributed by atoms with Gasteiger partial charge in [0.2, 0.25) is 0 Å². The van der Waals surface area contributed by atoms with E-state index < -0.39 is 0 Å². The van der Waals surface area contributed by atoms with Crippen LogP contribution in [0.25, 0.3) is 0 Å². The van der Waals surface area contributed by atoms with E-state index in [0.717, 1.165) is 29.8 Å². The molecule has 1 aliphatic rings. The van der Waals surface area contributed by atoms with Gasteiger partial charge in [-0.15, -0.1) is 0 Å². The van der Waals surface area contributed by atoms with Crippen molar-refractivity contribution in [2.24, 2.45) is 11.8 Å². The summed E-state index contributed by atoms with van der Waals surface area (Å²) >= 11 is 0. The maximum Gasteiger partial charge on any atom is 0.133 e. The van der Waals surface area contributed by atoms with Crippen LogP contribution in [0.5, 0.6) is 0 Å². The van der Waals surface area contributed by atoms with Crippen LogP contribution in [0.2, 0.25) is 0 Å². The largest absolute Gasteiger partial charge is 0.361 e. The summed E-state index contributed by atoms with van der Waals surface area (Å²) in [5, 5.41) is 7.63. The normalized spacial score (nSPS) is 25.4. The van der Waals surface area contributed by atoms with Crippen LogP contribution in [0.3, 0.4) is 0 Å². The van der Waals surface area contributed by atoms with Crippen LogP contribution in [0, 0.1) is 18.8 Å². The van der Waals surface area contributed by atoms with Crippen LogP contribution in [0.1, 0.15) is 51.0 Å². The van der Waals surface area contributed by atoms with Crippen LogP contribution in [-0.2, 0) is 6.54 Å². The third kappa shape index (κ3) is 3.56. The first-order chi connectivity index (χ1) is 8.15. The molecular formula is C14H24N2O. The van der Waals surface area contributed by atoms with E-state index in [0.29, 0.717) is 6.04 Å². The minimum absolute atomic E-state index is 0.660. The Kier molecular flexibility index (Phi) is 4.21. The van der Waals surface area contributed by atoms with E-state index in [4.69, 9.17) is 4.52 Å². The molecule has 0 aliphatic heterocycles. The topological polar surface area (TPSA) is 38.1 Å². The Hall–Kier alpha value is -0.830. The van der Waals surface area contributed by atoms with Crippen LogP contribution >= 0.6 is 0 Å². The Labute approximate surface area is 104 Å². The molecule has 1 fully saturated rings. The van der Waals surface area contributed by atoms with Crippen molar-refractivity contribution in [1.82, 2.24) is 10.5 Å². The van der Waals surface area contributed by atoms with E-state index in [2.05, 4.69) is 24.3 Å².